The number of fused-ring (bicyclic) bond motifs is 1. The van der Waals surface area contributed by atoms with Gasteiger partial charge in [0.1, 0.15) is 17.5 Å². The van der Waals surface area contributed by atoms with Gasteiger partial charge in [0.2, 0.25) is 0 Å². The molecule has 3 heterocycles. The van der Waals surface area contributed by atoms with Crippen molar-refractivity contribution in [1.82, 2.24) is 25.0 Å². The second-order valence-electron chi connectivity index (χ2n) is 6.95. The van der Waals surface area contributed by atoms with Crippen molar-refractivity contribution < 1.29 is 18.0 Å². The number of hydrogen-bond acceptors (Lipinski definition) is 4. The van der Waals surface area contributed by atoms with Gasteiger partial charge in [0, 0.05) is 37.7 Å². The van der Waals surface area contributed by atoms with Gasteiger partial charge >= 0.3 is 5.92 Å². The number of halogens is 4. The molecule has 1 saturated heterocycles. The van der Waals surface area contributed by atoms with Crippen LogP contribution in [-0.2, 0) is 23.8 Å². The van der Waals surface area contributed by atoms with Crippen molar-refractivity contribution in [3.8, 4) is 0 Å². The van der Waals surface area contributed by atoms with E-state index in [1.54, 1.807) is 0 Å². The molecule has 2 aliphatic heterocycles. The van der Waals surface area contributed by atoms with Gasteiger partial charge in [-0.1, -0.05) is 0 Å². The molecule has 152 valence electrons. The highest BCUT2D eigenvalue weighted by atomic mass is 35.5. The highest BCUT2D eigenvalue weighted by Crippen LogP contribution is 2.34. The summed E-state index contributed by atoms with van der Waals surface area (Å²) in [7, 11) is 0. The molecule has 2 aliphatic rings. The molecule has 0 radical (unpaired) electrons. The van der Waals surface area contributed by atoms with E-state index in [0.717, 1.165) is 49.0 Å². The number of piperidine rings is 1. The zero-order valence-electron chi connectivity index (χ0n) is 15.1. The summed E-state index contributed by atoms with van der Waals surface area (Å²) in [5, 5.41) is 11.7. The van der Waals surface area contributed by atoms with Gasteiger partial charge in [0.15, 0.2) is 0 Å². The number of alkyl halides is 2. The molecule has 0 unspecified atom stereocenters. The maximum absolute atomic E-state index is 14.5. The first kappa shape index (κ1) is 20.6. The Morgan fingerprint density at radius 3 is 2.46 bits per heavy atom. The molecule has 10 heteroatoms. The van der Waals surface area contributed by atoms with Crippen molar-refractivity contribution in [2.75, 3.05) is 19.6 Å². The third kappa shape index (κ3) is 3.73. The van der Waals surface area contributed by atoms with Gasteiger partial charge in [-0.2, -0.15) is 8.78 Å². The van der Waals surface area contributed by atoms with Gasteiger partial charge < -0.3 is 14.8 Å². The van der Waals surface area contributed by atoms with E-state index in [2.05, 4.69) is 20.1 Å². The highest BCUT2D eigenvalue weighted by molar-refractivity contribution is 5.85. The van der Waals surface area contributed by atoms with Crippen LogP contribution in [0.15, 0.2) is 24.3 Å². The number of carbonyl (C=O) groups excluding carboxylic acids is 1. The number of benzene rings is 1. The third-order valence-corrected chi connectivity index (χ3v) is 5.27. The van der Waals surface area contributed by atoms with Crippen LogP contribution < -0.4 is 5.32 Å². The topological polar surface area (TPSA) is 63.1 Å². The van der Waals surface area contributed by atoms with Crippen molar-refractivity contribution in [2.45, 2.75) is 37.8 Å². The van der Waals surface area contributed by atoms with Crippen molar-refractivity contribution >= 4 is 18.3 Å². The van der Waals surface area contributed by atoms with Crippen molar-refractivity contribution in [2.24, 2.45) is 0 Å². The Balaban J connectivity index is 0.00000225. The fraction of sp³-hybridized carbons (Fsp3) is 0.500. The molecule has 0 aliphatic carbocycles. The summed E-state index contributed by atoms with van der Waals surface area (Å²) in [6.07, 6.45) is 1.13. The van der Waals surface area contributed by atoms with Crippen LogP contribution in [0.2, 0.25) is 0 Å². The van der Waals surface area contributed by atoms with Crippen LogP contribution in [0, 0.1) is 5.82 Å². The average molecular weight is 416 g/mol. The number of likely N-dealkylation sites (tertiary alicyclic amines) is 1. The van der Waals surface area contributed by atoms with Gasteiger partial charge in [-0.05, 0) is 37.1 Å². The van der Waals surface area contributed by atoms with Crippen LogP contribution in [0.5, 0.6) is 0 Å². The Hall–Kier alpha value is -2.13. The molecule has 0 spiro atoms. The maximum atomic E-state index is 14.5. The Morgan fingerprint density at radius 1 is 1.11 bits per heavy atom. The summed E-state index contributed by atoms with van der Waals surface area (Å²) in [6, 6.07) is 3.78. The number of nitrogens with zero attached hydrogens (tertiary/aromatic N) is 4. The van der Waals surface area contributed by atoms with Crippen LogP contribution in [-0.4, -0.2) is 45.2 Å². The molecule has 28 heavy (non-hydrogen) atoms. The predicted molar refractivity (Wildman–Crippen MR) is 97.8 cm³/mol. The Kier molecular flexibility index (Phi) is 5.95. The highest BCUT2D eigenvalue weighted by Gasteiger charge is 2.45. The molecule has 6 nitrogen and oxygen atoms in total. The SMILES string of the molecule is Cl.O=C(N1CCC(c2nnc3n2CCNC3)CC1)C(F)(F)c1ccc(F)cc1. The van der Waals surface area contributed by atoms with Gasteiger partial charge in [-0.15, -0.1) is 22.6 Å². The molecule has 1 N–H and O–H groups in total. The Bertz CT molecular complexity index is 834. The summed E-state index contributed by atoms with van der Waals surface area (Å²) in [4.78, 5) is 13.6. The lowest BCUT2D eigenvalue weighted by molar-refractivity contribution is -0.160. The molecule has 4 rings (SSSR count). The lowest BCUT2D eigenvalue weighted by atomic mass is 9.95. The Labute approximate surface area is 166 Å². The molecule has 0 atom stereocenters. The van der Waals surface area contributed by atoms with Gasteiger partial charge in [-0.25, -0.2) is 4.39 Å². The molecule has 0 saturated carbocycles. The van der Waals surface area contributed by atoms with Crippen molar-refractivity contribution in [3.05, 3.63) is 47.3 Å². The first-order valence-corrected chi connectivity index (χ1v) is 9.02. The van der Waals surface area contributed by atoms with E-state index >= 15 is 0 Å². The monoisotopic (exact) mass is 415 g/mol. The van der Waals surface area contributed by atoms with Crippen LogP contribution in [0.1, 0.15) is 36.0 Å². The fourth-order valence-electron chi connectivity index (χ4n) is 3.74. The predicted octanol–water partition coefficient (Wildman–Crippen LogP) is 2.44. The number of nitrogens with one attached hydrogen (secondary N) is 1. The smallest absolute Gasteiger partial charge is 0.337 e. The summed E-state index contributed by atoms with van der Waals surface area (Å²) in [5.74, 6) is -3.65. The number of rotatable bonds is 3. The normalized spacial score (nSPS) is 17.8. The first-order chi connectivity index (χ1) is 13.0. The molecule has 1 aromatic carbocycles. The number of aromatic nitrogens is 3. The number of hydrogen-bond donors (Lipinski definition) is 1. The van der Waals surface area contributed by atoms with Crippen LogP contribution >= 0.6 is 12.4 Å². The van der Waals surface area contributed by atoms with E-state index in [4.69, 9.17) is 0 Å². The minimum Gasteiger partial charge on any atom is -0.337 e. The molecule has 0 bridgehead atoms. The molecular formula is C18H21ClF3N5O. The molecule has 1 fully saturated rings. The molecule has 1 amide bonds. The first-order valence-electron chi connectivity index (χ1n) is 9.02. The maximum Gasteiger partial charge on any atom is 0.349 e. The fourth-order valence-corrected chi connectivity index (χ4v) is 3.74. The van der Waals surface area contributed by atoms with Crippen LogP contribution in [0.3, 0.4) is 0 Å². The van der Waals surface area contributed by atoms with E-state index in [1.165, 1.54) is 4.90 Å². The second-order valence-corrected chi connectivity index (χ2v) is 6.95. The summed E-state index contributed by atoms with van der Waals surface area (Å²) in [6.45, 7) is 2.79. The van der Waals surface area contributed by atoms with Crippen LogP contribution in [0.4, 0.5) is 13.2 Å². The summed E-state index contributed by atoms with van der Waals surface area (Å²) in [5.41, 5.74) is -0.491. The number of carbonyl (C=O) groups is 1. The standard InChI is InChI=1S/C18H20F3N5O.ClH/c19-14-3-1-13(2-4-14)18(20,21)17(27)25-8-5-12(6-9-25)16-24-23-15-11-22-7-10-26(15)16;/h1-4,12,22H,5-11H2;1H. The van der Waals surface area contributed by atoms with E-state index in [9.17, 15) is 18.0 Å². The summed E-state index contributed by atoms with van der Waals surface area (Å²) >= 11 is 0. The van der Waals surface area contributed by atoms with E-state index in [1.807, 2.05) is 0 Å². The quantitative estimate of drug-likeness (QED) is 0.836. The van der Waals surface area contributed by atoms with E-state index in [-0.39, 0.29) is 31.4 Å². The minimum absolute atomic E-state index is 0. The van der Waals surface area contributed by atoms with Gasteiger partial charge in [0.05, 0.1) is 6.54 Å². The van der Waals surface area contributed by atoms with Crippen LogP contribution in [0.25, 0.3) is 0 Å². The lowest BCUT2D eigenvalue weighted by Gasteiger charge is -2.34. The zero-order valence-corrected chi connectivity index (χ0v) is 15.9. The lowest BCUT2D eigenvalue weighted by Crippen LogP contribution is -2.45. The summed E-state index contributed by atoms with van der Waals surface area (Å²) < 4.78 is 44.1. The van der Waals surface area contributed by atoms with E-state index in [0.29, 0.717) is 19.4 Å². The van der Waals surface area contributed by atoms with Crippen molar-refractivity contribution in [3.63, 3.8) is 0 Å². The molecule has 1 aromatic heterocycles. The molecule has 2 aromatic rings. The minimum atomic E-state index is -3.67. The zero-order chi connectivity index (χ0) is 19.0. The van der Waals surface area contributed by atoms with Gasteiger partial charge in [-0.3, -0.25) is 4.79 Å². The Morgan fingerprint density at radius 2 is 1.79 bits per heavy atom. The largest absolute Gasteiger partial charge is 0.349 e. The molecular weight excluding hydrogens is 395 g/mol. The van der Waals surface area contributed by atoms with Gasteiger partial charge in [0.25, 0.3) is 5.91 Å². The third-order valence-electron chi connectivity index (χ3n) is 5.27. The average Bonchev–Trinajstić information content (AvgIpc) is 3.12. The second kappa shape index (κ2) is 8.08. The van der Waals surface area contributed by atoms with E-state index < -0.39 is 23.2 Å². The van der Waals surface area contributed by atoms with Crippen molar-refractivity contribution in [1.29, 1.82) is 0 Å². The number of amides is 1.